The lowest BCUT2D eigenvalue weighted by molar-refractivity contribution is -0.119. The molecule has 1 saturated heterocycles. The SMILES string of the molecule is COc1ccc(-c2cnccc2N2C(=O)N(c3ccc(S(=O)(=O)C(F)(F)F)cc3)C(=O)C23CC3C)cc1. The highest BCUT2D eigenvalue weighted by molar-refractivity contribution is 7.92. The second-order valence-corrected chi connectivity index (χ2v) is 10.8. The van der Waals surface area contributed by atoms with Gasteiger partial charge in [0.25, 0.3) is 15.7 Å². The van der Waals surface area contributed by atoms with Crippen molar-refractivity contribution in [2.24, 2.45) is 5.92 Å². The molecule has 0 N–H and O–H groups in total. The number of sulfone groups is 1. The van der Waals surface area contributed by atoms with Crippen LogP contribution in [0.25, 0.3) is 11.1 Å². The molecule has 0 radical (unpaired) electrons. The Morgan fingerprint density at radius 2 is 1.65 bits per heavy atom. The minimum atomic E-state index is -5.57. The minimum absolute atomic E-state index is 0.0304. The van der Waals surface area contributed by atoms with Gasteiger partial charge in [-0.25, -0.2) is 18.1 Å². The average Bonchev–Trinajstić information content (AvgIpc) is 3.49. The maximum Gasteiger partial charge on any atom is 0.501 e. The fourth-order valence-electron chi connectivity index (χ4n) is 4.69. The van der Waals surface area contributed by atoms with Gasteiger partial charge in [-0.15, -0.1) is 0 Å². The van der Waals surface area contributed by atoms with Crippen LogP contribution in [0.4, 0.5) is 29.3 Å². The number of hydrogen-bond donors (Lipinski definition) is 0. The summed E-state index contributed by atoms with van der Waals surface area (Å²) in [6, 6.07) is 11.5. The van der Waals surface area contributed by atoms with E-state index < -0.39 is 37.7 Å². The predicted molar refractivity (Wildman–Crippen MR) is 128 cm³/mol. The number of imide groups is 1. The van der Waals surface area contributed by atoms with E-state index in [9.17, 15) is 31.2 Å². The summed E-state index contributed by atoms with van der Waals surface area (Å²) in [6.45, 7) is 1.83. The molecule has 1 aromatic heterocycles. The van der Waals surface area contributed by atoms with Crippen LogP contribution in [0.5, 0.6) is 5.75 Å². The van der Waals surface area contributed by atoms with Crippen molar-refractivity contribution in [1.29, 1.82) is 0 Å². The van der Waals surface area contributed by atoms with Crippen LogP contribution in [0.2, 0.25) is 0 Å². The molecule has 0 bridgehead atoms. The van der Waals surface area contributed by atoms with Gasteiger partial charge in [0.15, 0.2) is 0 Å². The Hall–Kier alpha value is -3.93. The van der Waals surface area contributed by atoms with Crippen molar-refractivity contribution in [3.63, 3.8) is 0 Å². The predicted octanol–water partition coefficient (Wildman–Crippen LogP) is 4.80. The first-order valence-corrected chi connectivity index (χ1v) is 12.6. The van der Waals surface area contributed by atoms with Crippen LogP contribution in [0, 0.1) is 5.92 Å². The normalized spacial score (nSPS) is 21.6. The van der Waals surface area contributed by atoms with E-state index in [0.717, 1.165) is 34.7 Å². The fraction of sp³-hybridized carbons (Fsp3) is 0.240. The van der Waals surface area contributed by atoms with Crippen LogP contribution in [0.15, 0.2) is 71.9 Å². The van der Waals surface area contributed by atoms with Crippen LogP contribution in [0.3, 0.4) is 0 Å². The highest BCUT2D eigenvalue weighted by Gasteiger charge is 2.70. The number of aromatic nitrogens is 1. The molecule has 1 aliphatic carbocycles. The first kappa shape index (κ1) is 24.8. The zero-order valence-corrected chi connectivity index (χ0v) is 20.4. The number of pyridine rings is 1. The summed E-state index contributed by atoms with van der Waals surface area (Å²) >= 11 is 0. The van der Waals surface area contributed by atoms with Gasteiger partial charge in [-0.3, -0.25) is 14.7 Å². The largest absolute Gasteiger partial charge is 0.501 e. The first-order valence-electron chi connectivity index (χ1n) is 11.1. The van der Waals surface area contributed by atoms with Gasteiger partial charge in [-0.2, -0.15) is 13.2 Å². The van der Waals surface area contributed by atoms with Crippen LogP contribution >= 0.6 is 0 Å². The van der Waals surface area contributed by atoms with Crippen molar-refractivity contribution in [3.05, 3.63) is 67.0 Å². The second-order valence-electron chi connectivity index (χ2n) is 8.85. The molecule has 1 saturated carbocycles. The van der Waals surface area contributed by atoms with Crippen LogP contribution in [0.1, 0.15) is 13.3 Å². The zero-order valence-electron chi connectivity index (χ0n) is 19.6. The quantitative estimate of drug-likeness (QED) is 0.439. The summed E-state index contributed by atoms with van der Waals surface area (Å²) < 4.78 is 67.4. The monoisotopic (exact) mass is 531 g/mol. The molecule has 2 aliphatic rings. The van der Waals surface area contributed by atoms with Crippen molar-refractivity contribution in [3.8, 4) is 16.9 Å². The van der Waals surface area contributed by atoms with E-state index in [1.165, 1.54) is 18.2 Å². The summed E-state index contributed by atoms with van der Waals surface area (Å²) in [7, 11) is -4.03. The highest BCUT2D eigenvalue weighted by Crippen LogP contribution is 2.56. The molecule has 2 heterocycles. The number of carbonyl (C=O) groups is 2. The summed E-state index contributed by atoms with van der Waals surface area (Å²) in [5.41, 5.74) is -4.90. The third kappa shape index (κ3) is 3.66. The fourth-order valence-corrected chi connectivity index (χ4v) is 5.45. The molecule has 1 aliphatic heterocycles. The summed E-state index contributed by atoms with van der Waals surface area (Å²) in [4.78, 5) is 32.8. The van der Waals surface area contributed by atoms with E-state index in [1.54, 1.807) is 36.5 Å². The Morgan fingerprint density at radius 1 is 1.03 bits per heavy atom. The number of methoxy groups -OCH3 is 1. The molecule has 37 heavy (non-hydrogen) atoms. The van der Waals surface area contributed by atoms with Crippen LogP contribution in [-0.4, -0.2) is 43.5 Å². The molecule has 1 spiro atoms. The Bertz CT molecular complexity index is 1510. The van der Waals surface area contributed by atoms with Crippen molar-refractivity contribution in [1.82, 2.24) is 4.98 Å². The van der Waals surface area contributed by atoms with Gasteiger partial charge in [0, 0.05) is 18.0 Å². The van der Waals surface area contributed by atoms with Gasteiger partial charge < -0.3 is 4.74 Å². The molecule has 2 aromatic carbocycles. The van der Waals surface area contributed by atoms with Gasteiger partial charge >= 0.3 is 11.5 Å². The molecular formula is C25H20F3N3O5S. The number of rotatable bonds is 5. The summed E-state index contributed by atoms with van der Waals surface area (Å²) in [5.74, 6) is -0.0827. The molecule has 3 aromatic rings. The number of anilines is 2. The van der Waals surface area contributed by atoms with Gasteiger partial charge in [0.05, 0.1) is 23.4 Å². The number of carbonyl (C=O) groups excluding carboxylic acids is 2. The molecule has 8 nitrogen and oxygen atoms in total. The first-order chi connectivity index (χ1) is 17.4. The lowest BCUT2D eigenvalue weighted by Crippen LogP contribution is -2.39. The van der Waals surface area contributed by atoms with E-state index in [-0.39, 0.29) is 11.6 Å². The molecule has 2 atom stereocenters. The van der Waals surface area contributed by atoms with Crippen molar-refractivity contribution < 1.29 is 35.9 Å². The number of hydrogen-bond acceptors (Lipinski definition) is 6. The molecule has 192 valence electrons. The van der Waals surface area contributed by atoms with Gasteiger partial charge in [-0.05, 0) is 60.4 Å². The van der Waals surface area contributed by atoms with Crippen molar-refractivity contribution in [2.75, 3.05) is 16.9 Å². The van der Waals surface area contributed by atoms with Crippen LogP contribution < -0.4 is 14.5 Å². The zero-order chi connectivity index (χ0) is 26.8. The van der Waals surface area contributed by atoms with Gasteiger partial charge in [-0.1, -0.05) is 19.1 Å². The maximum absolute atomic E-state index is 13.7. The lowest BCUT2D eigenvalue weighted by atomic mass is 10.0. The Balaban J connectivity index is 1.56. The van der Waals surface area contributed by atoms with E-state index in [1.807, 2.05) is 6.92 Å². The third-order valence-corrected chi connectivity index (χ3v) is 8.28. The number of nitrogens with zero attached hydrogens (tertiary/aromatic N) is 3. The second kappa shape index (κ2) is 8.30. The van der Waals surface area contributed by atoms with Crippen molar-refractivity contribution in [2.45, 2.75) is 29.3 Å². The number of alkyl halides is 3. The minimum Gasteiger partial charge on any atom is -0.497 e. The number of urea groups is 1. The third-order valence-electron chi connectivity index (χ3n) is 6.78. The summed E-state index contributed by atoms with van der Waals surface area (Å²) in [5, 5.41) is 0. The molecule has 5 rings (SSSR count). The van der Waals surface area contributed by atoms with Gasteiger partial charge in [0.1, 0.15) is 11.3 Å². The maximum atomic E-state index is 13.7. The lowest BCUT2D eigenvalue weighted by Gasteiger charge is -2.25. The van der Waals surface area contributed by atoms with Gasteiger partial charge in [0.2, 0.25) is 0 Å². The van der Waals surface area contributed by atoms with Crippen molar-refractivity contribution >= 4 is 33.2 Å². The number of halogens is 3. The molecular weight excluding hydrogens is 511 g/mol. The Morgan fingerprint density at radius 3 is 2.19 bits per heavy atom. The summed E-state index contributed by atoms with van der Waals surface area (Å²) in [6.07, 6.45) is 3.47. The Kier molecular flexibility index (Phi) is 5.55. The van der Waals surface area contributed by atoms with E-state index in [2.05, 4.69) is 4.98 Å². The molecule has 2 unspecified atom stereocenters. The smallest absolute Gasteiger partial charge is 0.497 e. The number of amides is 3. The Labute approximate surface area is 210 Å². The molecule has 12 heteroatoms. The van der Waals surface area contributed by atoms with Crippen LogP contribution in [-0.2, 0) is 14.6 Å². The number of benzene rings is 2. The molecule has 2 fully saturated rings. The molecule has 3 amide bonds. The number of ether oxygens (including phenoxy) is 1. The average molecular weight is 532 g/mol. The van der Waals surface area contributed by atoms with E-state index >= 15 is 0 Å². The topological polar surface area (TPSA) is 96.9 Å². The standard InChI is InChI=1S/C25H20F3N3O5S/c1-15-13-24(15)22(32)30(17-5-9-19(10-6-17)37(34,35)25(26,27)28)23(33)31(24)21-11-12-29-14-20(21)16-3-7-18(36-2)8-4-16/h3-12,14-15H,13H2,1-2H3. The van der Waals surface area contributed by atoms with E-state index in [0.29, 0.717) is 23.4 Å². The van der Waals surface area contributed by atoms with E-state index in [4.69, 9.17) is 4.74 Å². The highest BCUT2D eigenvalue weighted by atomic mass is 32.2.